The Balaban J connectivity index is 0.00000195. The molecule has 0 saturated carbocycles. The molecule has 2 heterocycles. The molecule has 2 aromatic heterocycles. The molecule has 1 aliphatic rings. The fraction of sp³-hybridized carbons (Fsp3) is 0.393. The molecule has 1 aromatic carbocycles. The number of hydrogen-bond donors (Lipinski definition) is 6. The number of pyridine rings is 1. The predicted octanol–water partition coefficient (Wildman–Crippen LogP) is 1.57. The number of benzene rings is 1. The van der Waals surface area contributed by atoms with Crippen molar-refractivity contribution in [3.8, 4) is 11.3 Å². The first-order chi connectivity index (χ1) is 18.2. The maximum Gasteiger partial charge on any atom is 0.257 e. The van der Waals surface area contributed by atoms with Gasteiger partial charge in [0.1, 0.15) is 5.83 Å². The van der Waals surface area contributed by atoms with E-state index >= 15 is 0 Å². The predicted molar refractivity (Wildman–Crippen MR) is 145 cm³/mol. The third kappa shape index (κ3) is 6.96. The lowest BCUT2D eigenvalue weighted by Crippen LogP contribution is -2.37. The molecule has 38 heavy (non-hydrogen) atoms. The van der Waals surface area contributed by atoms with Gasteiger partial charge in [-0.15, -0.1) is 0 Å². The lowest BCUT2D eigenvalue weighted by Gasteiger charge is -2.15. The lowest BCUT2D eigenvalue weighted by molar-refractivity contribution is -0.122. The second kappa shape index (κ2) is 13.2. The number of H-pyrrole nitrogens is 2. The number of nitrogens with one attached hydrogen (secondary N) is 4. The molecule has 4 rings (SSSR count). The number of carbonyl (C=O) groups excluding carboxylic acids is 2. The summed E-state index contributed by atoms with van der Waals surface area (Å²) in [5.41, 5.74) is 1.62. The summed E-state index contributed by atoms with van der Waals surface area (Å²) in [4.78, 5) is 42.4. The van der Waals surface area contributed by atoms with Gasteiger partial charge in [-0.05, 0) is 49.6 Å². The molecule has 0 aliphatic heterocycles. The number of aliphatic hydroxyl groups is 2. The van der Waals surface area contributed by atoms with Gasteiger partial charge >= 0.3 is 0 Å². The molecule has 0 saturated heterocycles. The molecule has 2 amide bonds. The number of halogens is 1. The third-order valence-corrected chi connectivity index (χ3v) is 6.26. The number of aliphatic hydroxyl groups excluding tert-OH is 2. The number of fused-ring (bicyclic) bond motifs is 2. The van der Waals surface area contributed by atoms with E-state index in [-0.39, 0.29) is 49.0 Å². The van der Waals surface area contributed by atoms with Gasteiger partial charge in [-0.1, -0.05) is 19.9 Å². The summed E-state index contributed by atoms with van der Waals surface area (Å²) in [7, 11) is 1.47. The first kappa shape index (κ1) is 28.8. The van der Waals surface area contributed by atoms with Crippen molar-refractivity contribution in [1.29, 1.82) is 0 Å². The highest BCUT2D eigenvalue weighted by molar-refractivity contribution is 5.99. The van der Waals surface area contributed by atoms with Gasteiger partial charge in [0, 0.05) is 47.0 Å². The second-order valence-corrected chi connectivity index (χ2v) is 8.94. The van der Waals surface area contributed by atoms with Crippen LogP contribution in [-0.2, 0) is 4.79 Å². The molecule has 2 atom stereocenters. The fourth-order valence-electron chi connectivity index (χ4n) is 4.31. The van der Waals surface area contributed by atoms with Crippen LogP contribution in [0, 0.1) is 0 Å². The maximum absolute atomic E-state index is 14.3. The third-order valence-electron chi connectivity index (χ3n) is 6.26. The van der Waals surface area contributed by atoms with Gasteiger partial charge in [-0.25, -0.2) is 4.39 Å². The highest BCUT2D eigenvalue weighted by Crippen LogP contribution is 2.23. The molecule has 204 valence electrons. The van der Waals surface area contributed by atoms with Crippen LogP contribution in [0.5, 0.6) is 0 Å². The molecule has 9 nitrogen and oxygen atoms in total. The van der Waals surface area contributed by atoms with Gasteiger partial charge in [0.2, 0.25) is 5.91 Å². The zero-order valence-corrected chi connectivity index (χ0v) is 21.9. The largest absolute Gasteiger partial charge is 0.393 e. The summed E-state index contributed by atoms with van der Waals surface area (Å²) in [6.45, 7) is 4.19. The Hall–Kier alpha value is -3.76. The van der Waals surface area contributed by atoms with Crippen LogP contribution in [0.2, 0.25) is 0 Å². The van der Waals surface area contributed by atoms with E-state index in [2.05, 4.69) is 20.6 Å². The molecular weight excluding hydrogens is 491 g/mol. The summed E-state index contributed by atoms with van der Waals surface area (Å²) in [6, 6.07) is 8.34. The number of hydrogen-bond acceptors (Lipinski definition) is 5. The van der Waals surface area contributed by atoms with Crippen molar-refractivity contribution >= 4 is 34.6 Å². The minimum Gasteiger partial charge on any atom is -0.393 e. The van der Waals surface area contributed by atoms with Gasteiger partial charge in [-0.2, -0.15) is 0 Å². The summed E-state index contributed by atoms with van der Waals surface area (Å²) in [5.74, 6) is -0.908. The van der Waals surface area contributed by atoms with E-state index in [1.165, 1.54) is 7.05 Å². The monoisotopic (exact) mass is 526 g/mol. The molecule has 0 fully saturated rings. The van der Waals surface area contributed by atoms with Crippen LogP contribution in [0.25, 0.3) is 34.1 Å². The van der Waals surface area contributed by atoms with E-state index < -0.39 is 12.2 Å². The number of aromatic amines is 2. The van der Waals surface area contributed by atoms with Gasteiger partial charge < -0.3 is 30.8 Å². The molecular formula is C28H35FN4O5. The maximum atomic E-state index is 14.3. The number of aromatic nitrogens is 2. The molecule has 0 radical (unpaired) electrons. The average Bonchev–Trinajstić information content (AvgIpc) is 3.32. The average molecular weight is 527 g/mol. The highest BCUT2D eigenvalue weighted by atomic mass is 19.1. The Morgan fingerprint density at radius 2 is 1.87 bits per heavy atom. The van der Waals surface area contributed by atoms with Crippen LogP contribution in [0.1, 0.15) is 56.3 Å². The van der Waals surface area contributed by atoms with Gasteiger partial charge in [0.25, 0.3) is 11.5 Å². The van der Waals surface area contributed by atoms with Crippen molar-refractivity contribution in [1.82, 2.24) is 20.6 Å². The minimum atomic E-state index is -0.962. The molecule has 10 heteroatoms. The standard InChI is InChI=1S/C26H29FN4O5.C2H6/c1-28-24(34)12-17(33)11-16(32)7-8-29-25(35)14-5-6-21-15(9-14)10-23(30-21)19-13-18-20(27)3-2-4-22(18)31-26(19)36;1-2/h4-6,9-10,13,16-17,30,32-33H,2-3,7-8,11-12H2,1H3,(H,28,34)(H,29,35)(H,31,36);1-2H3. The molecule has 6 N–H and O–H groups in total. The Bertz CT molecular complexity index is 1480. The van der Waals surface area contributed by atoms with Crippen LogP contribution in [0.3, 0.4) is 0 Å². The second-order valence-electron chi connectivity index (χ2n) is 8.94. The van der Waals surface area contributed by atoms with Crippen molar-refractivity contribution < 1.29 is 24.2 Å². The van der Waals surface area contributed by atoms with Crippen LogP contribution in [0.4, 0.5) is 4.39 Å². The Labute approximate surface area is 219 Å². The van der Waals surface area contributed by atoms with Crippen molar-refractivity contribution in [3.05, 3.63) is 56.8 Å². The summed E-state index contributed by atoms with van der Waals surface area (Å²) >= 11 is 0. The smallest absolute Gasteiger partial charge is 0.257 e. The van der Waals surface area contributed by atoms with Crippen molar-refractivity contribution in [3.63, 3.8) is 0 Å². The van der Waals surface area contributed by atoms with Crippen LogP contribution >= 0.6 is 0 Å². The van der Waals surface area contributed by atoms with Crippen molar-refractivity contribution in [2.45, 2.75) is 58.2 Å². The van der Waals surface area contributed by atoms with E-state index in [0.717, 1.165) is 5.52 Å². The van der Waals surface area contributed by atoms with Gasteiger partial charge in [0.15, 0.2) is 0 Å². The fourth-order valence-corrected chi connectivity index (χ4v) is 4.31. The normalized spacial score (nSPS) is 14.0. The number of carbonyl (C=O) groups is 2. The van der Waals surface area contributed by atoms with Crippen molar-refractivity contribution in [2.24, 2.45) is 0 Å². The van der Waals surface area contributed by atoms with Crippen LogP contribution in [-0.4, -0.2) is 57.8 Å². The molecule has 0 spiro atoms. The Morgan fingerprint density at radius 3 is 2.61 bits per heavy atom. The van der Waals surface area contributed by atoms with E-state index in [1.807, 2.05) is 19.9 Å². The van der Waals surface area contributed by atoms with E-state index in [0.29, 0.717) is 45.6 Å². The topological polar surface area (TPSA) is 147 Å². The minimum absolute atomic E-state index is 0.0306. The summed E-state index contributed by atoms with van der Waals surface area (Å²) < 4.78 is 14.3. The van der Waals surface area contributed by atoms with E-state index in [1.54, 1.807) is 30.3 Å². The zero-order valence-electron chi connectivity index (χ0n) is 21.9. The lowest BCUT2D eigenvalue weighted by atomic mass is 10.1. The summed E-state index contributed by atoms with van der Waals surface area (Å²) in [6.07, 6.45) is 0.987. The van der Waals surface area contributed by atoms with Crippen molar-refractivity contribution in [2.75, 3.05) is 13.6 Å². The van der Waals surface area contributed by atoms with Gasteiger partial charge in [0.05, 0.1) is 29.9 Å². The quantitative estimate of drug-likeness (QED) is 0.251. The van der Waals surface area contributed by atoms with Gasteiger partial charge in [-0.3, -0.25) is 14.4 Å². The molecule has 2 unspecified atom stereocenters. The molecule has 0 bridgehead atoms. The Kier molecular flexibility index (Phi) is 9.98. The number of amides is 2. The Morgan fingerprint density at radius 1 is 1.11 bits per heavy atom. The summed E-state index contributed by atoms with van der Waals surface area (Å²) in [5, 5.41) is 26.6. The number of rotatable bonds is 9. The zero-order chi connectivity index (χ0) is 27.8. The van der Waals surface area contributed by atoms with E-state index in [9.17, 15) is 29.0 Å². The van der Waals surface area contributed by atoms with E-state index in [4.69, 9.17) is 0 Å². The highest BCUT2D eigenvalue weighted by Gasteiger charge is 2.16. The first-order valence-electron chi connectivity index (χ1n) is 12.9. The van der Waals surface area contributed by atoms with Crippen LogP contribution < -0.4 is 26.8 Å². The SMILES string of the molecule is CC.CNC(=O)CC(O)CC(O)CCNC(=O)c1ccc2[nH]c(-c3cc4c([nH]c3=O)=CCCC=4F)cc2c1. The molecule has 1 aliphatic carbocycles. The van der Waals surface area contributed by atoms with Crippen LogP contribution in [0.15, 0.2) is 35.1 Å². The first-order valence-corrected chi connectivity index (χ1v) is 12.9. The molecule has 3 aromatic rings.